The predicted molar refractivity (Wildman–Crippen MR) is 88.8 cm³/mol. The second-order valence-corrected chi connectivity index (χ2v) is 6.27. The Kier molecular flexibility index (Phi) is 4.65. The monoisotopic (exact) mass is 313 g/mol. The largest absolute Gasteiger partial charge is 0.466 e. The second kappa shape index (κ2) is 6.86. The zero-order valence-corrected chi connectivity index (χ0v) is 13.7. The van der Waals surface area contributed by atoms with Gasteiger partial charge < -0.3 is 9.64 Å². The van der Waals surface area contributed by atoms with Gasteiger partial charge in [-0.3, -0.25) is 4.79 Å². The van der Waals surface area contributed by atoms with Crippen molar-refractivity contribution >= 4 is 5.91 Å². The minimum Gasteiger partial charge on any atom is -0.466 e. The van der Waals surface area contributed by atoms with Gasteiger partial charge in [-0.1, -0.05) is 25.1 Å². The molecule has 23 heavy (non-hydrogen) atoms. The molecule has 122 valence electrons. The number of aromatic nitrogens is 2. The van der Waals surface area contributed by atoms with Crippen molar-refractivity contribution in [3.05, 3.63) is 42.1 Å². The summed E-state index contributed by atoms with van der Waals surface area (Å²) in [6, 6.07) is 9.87. The summed E-state index contributed by atoms with van der Waals surface area (Å²) >= 11 is 0. The van der Waals surface area contributed by atoms with E-state index in [9.17, 15) is 4.79 Å². The Bertz CT molecular complexity index is 666. The molecule has 1 saturated heterocycles. The van der Waals surface area contributed by atoms with Crippen molar-refractivity contribution in [1.82, 2.24) is 14.7 Å². The molecule has 2 aromatic rings. The topological polar surface area (TPSA) is 47.4 Å². The molecule has 1 aliphatic heterocycles. The molecule has 1 aliphatic rings. The third kappa shape index (κ3) is 3.73. The fraction of sp³-hybridized carbons (Fsp3) is 0.444. The number of para-hydroxylation sites is 1. The van der Waals surface area contributed by atoms with Gasteiger partial charge in [0.05, 0.1) is 5.69 Å². The molecule has 3 rings (SSSR count). The van der Waals surface area contributed by atoms with E-state index < -0.39 is 0 Å². The van der Waals surface area contributed by atoms with E-state index in [1.165, 1.54) is 6.42 Å². The lowest BCUT2D eigenvalue weighted by Gasteiger charge is -2.30. The number of ether oxygens (including phenoxy) is 1. The highest BCUT2D eigenvalue weighted by molar-refractivity contribution is 5.77. The molecule has 2 heterocycles. The number of carbonyl (C=O) groups is 1. The lowest BCUT2D eigenvalue weighted by atomic mass is 10.0. The highest BCUT2D eigenvalue weighted by Crippen LogP contribution is 2.19. The molecular formula is C18H23N3O2. The molecule has 1 aromatic heterocycles. The van der Waals surface area contributed by atoms with Crippen molar-refractivity contribution in [2.45, 2.75) is 26.7 Å². The van der Waals surface area contributed by atoms with E-state index >= 15 is 0 Å². The summed E-state index contributed by atoms with van der Waals surface area (Å²) in [7, 11) is 0. The van der Waals surface area contributed by atoms with Crippen LogP contribution in [0.2, 0.25) is 0 Å². The Labute approximate surface area is 136 Å². The highest BCUT2D eigenvalue weighted by Gasteiger charge is 2.21. The van der Waals surface area contributed by atoms with Crippen LogP contribution in [0.4, 0.5) is 0 Å². The lowest BCUT2D eigenvalue weighted by Crippen LogP contribution is -2.41. The standard InChI is InChI=1S/C18H23N3O2/c1-14-7-6-10-20(11-14)17(22)13-23-18-15(2)12-21(19-18)16-8-4-3-5-9-16/h3-5,8-9,12,14H,6-7,10-11,13H2,1-2H3/t14-/m1/s1. The average molecular weight is 313 g/mol. The molecule has 1 aromatic carbocycles. The van der Waals surface area contributed by atoms with Gasteiger partial charge >= 0.3 is 0 Å². The smallest absolute Gasteiger partial charge is 0.260 e. The molecule has 0 aliphatic carbocycles. The second-order valence-electron chi connectivity index (χ2n) is 6.27. The number of piperidine rings is 1. The van der Waals surface area contributed by atoms with Crippen LogP contribution in [-0.4, -0.2) is 40.3 Å². The maximum Gasteiger partial charge on any atom is 0.260 e. The fourth-order valence-electron chi connectivity index (χ4n) is 2.94. The molecule has 0 unspecified atom stereocenters. The van der Waals surface area contributed by atoms with Crippen LogP contribution < -0.4 is 4.74 Å². The number of benzene rings is 1. The van der Waals surface area contributed by atoms with Crippen LogP contribution in [0, 0.1) is 12.8 Å². The summed E-state index contributed by atoms with van der Waals surface area (Å²) in [5.41, 5.74) is 1.90. The minimum absolute atomic E-state index is 0.0465. The van der Waals surface area contributed by atoms with Crippen LogP contribution >= 0.6 is 0 Å². The highest BCUT2D eigenvalue weighted by atomic mass is 16.5. The molecule has 1 atom stereocenters. The summed E-state index contributed by atoms with van der Waals surface area (Å²) in [6.45, 7) is 5.85. The van der Waals surface area contributed by atoms with Crippen molar-refractivity contribution in [2.24, 2.45) is 5.92 Å². The first-order chi connectivity index (χ1) is 11.1. The number of likely N-dealkylation sites (tertiary alicyclic amines) is 1. The molecule has 0 N–H and O–H groups in total. The van der Waals surface area contributed by atoms with Crippen molar-refractivity contribution in [1.29, 1.82) is 0 Å². The molecule has 0 radical (unpaired) electrons. The zero-order chi connectivity index (χ0) is 16.2. The predicted octanol–water partition coefficient (Wildman–Crippen LogP) is 2.82. The van der Waals surface area contributed by atoms with Gasteiger partial charge in [0.2, 0.25) is 5.88 Å². The fourth-order valence-corrected chi connectivity index (χ4v) is 2.94. The Balaban J connectivity index is 1.62. The van der Waals surface area contributed by atoms with Gasteiger partial charge in [0, 0.05) is 24.8 Å². The third-order valence-corrected chi connectivity index (χ3v) is 4.21. The van der Waals surface area contributed by atoms with Crippen molar-refractivity contribution in [3.8, 4) is 11.6 Å². The molecule has 5 heteroatoms. The Hall–Kier alpha value is -2.30. The van der Waals surface area contributed by atoms with Crippen molar-refractivity contribution in [2.75, 3.05) is 19.7 Å². The van der Waals surface area contributed by atoms with Crippen LogP contribution in [0.15, 0.2) is 36.5 Å². The summed E-state index contributed by atoms with van der Waals surface area (Å²) in [4.78, 5) is 14.2. The van der Waals surface area contributed by atoms with E-state index in [-0.39, 0.29) is 12.5 Å². The van der Waals surface area contributed by atoms with Crippen LogP contribution in [0.3, 0.4) is 0 Å². The van der Waals surface area contributed by atoms with Crippen molar-refractivity contribution in [3.63, 3.8) is 0 Å². The van der Waals surface area contributed by atoms with Crippen LogP contribution in [0.1, 0.15) is 25.3 Å². The quantitative estimate of drug-likeness (QED) is 0.872. The summed E-state index contributed by atoms with van der Waals surface area (Å²) < 4.78 is 7.44. The Morgan fingerprint density at radius 3 is 2.87 bits per heavy atom. The number of amides is 1. The first-order valence-electron chi connectivity index (χ1n) is 8.16. The van der Waals surface area contributed by atoms with Gasteiger partial charge in [0.15, 0.2) is 6.61 Å². The van der Waals surface area contributed by atoms with E-state index in [0.29, 0.717) is 11.8 Å². The minimum atomic E-state index is 0.0465. The van der Waals surface area contributed by atoms with Gasteiger partial charge in [-0.15, -0.1) is 5.10 Å². The molecule has 5 nitrogen and oxygen atoms in total. The zero-order valence-electron chi connectivity index (χ0n) is 13.7. The van der Waals surface area contributed by atoms with Crippen molar-refractivity contribution < 1.29 is 9.53 Å². The van der Waals surface area contributed by atoms with E-state index in [4.69, 9.17) is 4.74 Å². The van der Waals surface area contributed by atoms with Crippen LogP contribution in [0.25, 0.3) is 5.69 Å². The number of carbonyl (C=O) groups excluding carboxylic acids is 1. The number of nitrogens with zero attached hydrogens (tertiary/aromatic N) is 3. The third-order valence-electron chi connectivity index (χ3n) is 4.21. The van der Waals surface area contributed by atoms with Gasteiger partial charge in [0.1, 0.15) is 0 Å². The summed E-state index contributed by atoms with van der Waals surface area (Å²) in [5.74, 6) is 1.14. The average Bonchev–Trinajstić information content (AvgIpc) is 2.94. The maximum absolute atomic E-state index is 12.3. The van der Waals surface area contributed by atoms with Gasteiger partial charge in [-0.25, -0.2) is 4.68 Å². The molecule has 0 saturated carbocycles. The normalized spacial score (nSPS) is 18.0. The van der Waals surface area contributed by atoms with Gasteiger partial charge in [-0.2, -0.15) is 0 Å². The molecule has 1 fully saturated rings. The van der Waals surface area contributed by atoms with Crippen LogP contribution in [-0.2, 0) is 4.79 Å². The van der Waals surface area contributed by atoms with E-state index in [1.807, 2.05) is 48.4 Å². The molecule has 0 spiro atoms. The number of rotatable bonds is 4. The number of hydrogen-bond acceptors (Lipinski definition) is 3. The van der Waals surface area contributed by atoms with E-state index in [1.54, 1.807) is 4.68 Å². The first-order valence-corrected chi connectivity index (χ1v) is 8.16. The summed E-state index contributed by atoms with van der Waals surface area (Å²) in [5, 5.41) is 4.44. The van der Waals surface area contributed by atoms with E-state index in [2.05, 4.69) is 12.0 Å². The summed E-state index contributed by atoms with van der Waals surface area (Å²) in [6.07, 6.45) is 4.19. The Morgan fingerprint density at radius 2 is 2.13 bits per heavy atom. The van der Waals surface area contributed by atoms with Crippen LogP contribution in [0.5, 0.6) is 5.88 Å². The van der Waals surface area contributed by atoms with Gasteiger partial charge in [-0.05, 0) is 37.8 Å². The Morgan fingerprint density at radius 1 is 1.35 bits per heavy atom. The first kappa shape index (κ1) is 15.6. The van der Waals surface area contributed by atoms with Gasteiger partial charge in [0.25, 0.3) is 5.91 Å². The lowest BCUT2D eigenvalue weighted by molar-refractivity contribution is -0.135. The molecule has 1 amide bonds. The maximum atomic E-state index is 12.3. The molecular weight excluding hydrogens is 290 g/mol. The molecule has 0 bridgehead atoms. The number of aryl methyl sites for hydroxylation is 1. The van der Waals surface area contributed by atoms with E-state index in [0.717, 1.165) is 30.8 Å². The SMILES string of the molecule is Cc1cn(-c2ccccc2)nc1OCC(=O)N1CCC[C@@H](C)C1. The number of hydrogen-bond donors (Lipinski definition) is 0.